The second-order valence-electron chi connectivity index (χ2n) is 5.37. The summed E-state index contributed by atoms with van der Waals surface area (Å²) < 4.78 is 5.34. The van der Waals surface area contributed by atoms with Gasteiger partial charge in [-0.2, -0.15) is 0 Å². The SMILES string of the molecule is CC(=O)Nc1cccc(C(=O)NNC(=O)COc2cccc(C)c2)c1. The van der Waals surface area contributed by atoms with Crippen molar-refractivity contribution in [2.75, 3.05) is 11.9 Å². The van der Waals surface area contributed by atoms with Gasteiger partial charge in [0.15, 0.2) is 6.61 Å². The zero-order chi connectivity index (χ0) is 18.2. The molecule has 0 aliphatic carbocycles. The van der Waals surface area contributed by atoms with Crippen molar-refractivity contribution in [3.05, 3.63) is 59.7 Å². The maximum absolute atomic E-state index is 12.0. The summed E-state index contributed by atoms with van der Waals surface area (Å²) in [6, 6.07) is 13.7. The summed E-state index contributed by atoms with van der Waals surface area (Å²) in [4.78, 5) is 34.8. The first-order valence-electron chi connectivity index (χ1n) is 7.60. The van der Waals surface area contributed by atoms with Crippen LogP contribution >= 0.6 is 0 Å². The van der Waals surface area contributed by atoms with Crippen molar-refractivity contribution in [3.63, 3.8) is 0 Å². The van der Waals surface area contributed by atoms with Gasteiger partial charge in [0.2, 0.25) is 5.91 Å². The molecule has 2 aromatic carbocycles. The lowest BCUT2D eigenvalue weighted by atomic mass is 10.2. The van der Waals surface area contributed by atoms with Crippen LogP contribution in [0.25, 0.3) is 0 Å². The number of hydrogen-bond donors (Lipinski definition) is 3. The third kappa shape index (κ3) is 5.98. The molecule has 2 aromatic rings. The van der Waals surface area contributed by atoms with Crippen molar-refractivity contribution in [2.24, 2.45) is 0 Å². The Morgan fingerprint density at radius 3 is 2.48 bits per heavy atom. The lowest BCUT2D eigenvalue weighted by Gasteiger charge is -2.10. The summed E-state index contributed by atoms with van der Waals surface area (Å²) in [5, 5.41) is 2.58. The Morgan fingerprint density at radius 2 is 1.76 bits per heavy atom. The van der Waals surface area contributed by atoms with Crippen LogP contribution in [0.5, 0.6) is 5.75 Å². The van der Waals surface area contributed by atoms with E-state index in [0.717, 1.165) is 5.56 Å². The first-order valence-corrected chi connectivity index (χ1v) is 7.60. The Balaban J connectivity index is 1.83. The first kappa shape index (κ1) is 18.0. The number of amides is 3. The minimum atomic E-state index is -0.504. The van der Waals surface area contributed by atoms with Crippen LogP contribution in [0.3, 0.4) is 0 Å². The Kier molecular flexibility index (Phi) is 6.11. The molecule has 0 aromatic heterocycles. The molecule has 0 heterocycles. The highest BCUT2D eigenvalue weighted by molar-refractivity contribution is 5.97. The van der Waals surface area contributed by atoms with Crippen LogP contribution in [0.4, 0.5) is 5.69 Å². The lowest BCUT2D eigenvalue weighted by Crippen LogP contribution is -2.43. The molecule has 3 N–H and O–H groups in total. The van der Waals surface area contributed by atoms with Gasteiger partial charge in [0, 0.05) is 18.2 Å². The fourth-order valence-electron chi connectivity index (χ4n) is 2.03. The predicted octanol–water partition coefficient (Wildman–Crippen LogP) is 1.79. The molecule has 0 saturated carbocycles. The summed E-state index contributed by atoms with van der Waals surface area (Å²) in [7, 11) is 0. The van der Waals surface area contributed by atoms with Gasteiger partial charge in [-0.25, -0.2) is 0 Å². The Morgan fingerprint density at radius 1 is 1.00 bits per heavy atom. The second-order valence-corrected chi connectivity index (χ2v) is 5.37. The molecule has 25 heavy (non-hydrogen) atoms. The van der Waals surface area contributed by atoms with Crippen molar-refractivity contribution >= 4 is 23.4 Å². The van der Waals surface area contributed by atoms with Crippen molar-refractivity contribution in [1.82, 2.24) is 10.9 Å². The number of carbonyl (C=O) groups is 3. The third-order valence-corrected chi connectivity index (χ3v) is 3.12. The molecule has 7 heteroatoms. The van der Waals surface area contributed by atoms with Crippen molar-refractivity contribution < 1.29 is 19.1 Å². The average Bonchev–Trinajstić information content (AvgIpc) is 2.57. The van der Waals surface area contributed by atoms with Gasteiger partial charge in [-0.3, -0.25) is 25.2 Å². The zero-order valence-corrected chi connectivity index (χ0v) is 14.0. The van der Waals surface area contributed by atoms with Crippen LogP contribution in [0.1, 0.15) is 22.8 Å². The van der Waals surface area contributed by atoms with Crippen molar-refractivity contribution in [1.29, 1.82) is 0 Å². The summed E-state index contributed by atoms with van der Waals surface area (Å²) >= 11 is 0. The normalized spacial score (nSPS) is 9.84. The summed E-state index contributed by atoms with van der Waals surface area (Å²) in [6.45, 7) is 3.07. The molecular formula is C18H19N3O4. The van der Waals surface area contributed by atoms with Crippen LogP contribution in [0, 0.1) is 6.92 Å². The highest BCUT2D eigenvalue weighted by Gasteiger charge is 2.09. The van der Waals surface area contributed by atoms with Gasteiger partial charge < -0.3 is 10.1 Å². The largest absolute Gasteiger partial charge is 0.484 e. The molecule has 0 saturated heterocycles. The molecule has 2 rings (SSSR count). The molecule has 7 nitrogen and oxygen atoms in total. The molecule has 0 atom stereocenters. The van der Waals surface area contributed by atoms with Crippen LogP contribution in [-0.4, -0.2) is 24.3 Å². The van der Waals surface area contributed by atoms with E-state index in [4.69, 9.17) is 4.74 Å². The number of anilines is 1. The number of ether oxygens (including phenoxy) is 1. The number of aryl methyl sites for hydroxylation is 1. The van der Waals surface area contributed by atoms with E-state index in [1.807, 2.05) is 19.1 Å². The number of hydrazine groups is 1. The number of carbonyl (C=O) groups excluding carboxylic acids is 3. The molecule has 0 aliphatic heterocycles. The van der Waals surface area contributed by atoms with Gasteiger partial charge in [0.25, 0.3) is 11.8 Å². The second kappa shape index (κ2) is 8.49. The highest BCUT2D eigenvalue weighted by Crippen LogP contribution is 2.12. The van der Waals surface area contributed by atoms with Crippen molar-refractivity contribution in [2.45, 2.75) is 13.8 Å². The van der Waals surface area contributed by atoms with Gasteiger partial charge in [0.05, 0.1) is 0 Å². The minimum Gasteiger partial charge on any atom is -0.484 e. The third-order valence-electron chi connectivity index (χ3n) is 3.12. The minimum absolute atomic E-state index is 0.227. The molecule has 0 spiro atoms. The topological polar surface area (TPSA) is 96.5 Å². The highest BCUT2D eigenvalue weighted by atomic mass is 16.5. The van der Waals surface area contributed by atoms with Gasteiger partial charge in [0.1, 0.15) is 5.75 Å². The Labute approximate surface area is 145 Å². The molecule has 0 fully saturated rings. The fourth-order valence-corrected chi connectivity index (χ4v) is 2.03. The number of hydrogen-bond acceptors (Lipinski definition) is 4. The van der Waals surface area contributed by atoms with E-state index in [1.165, 1.54) is 13.0 Å². The van der Waals surface area contributed by atoms with Crippen LogP contribution in [-0.2, 0) is 9.59 Å². The van der Waals surface area contributed by atoms with Crippen LogP contribution < -0.4 is 20.9 Å². The lowest BCUT2D eigenvalue weighted by molar-refractivity contribution is -0.123. The number of nitrogens with one attached hydrogen (secondary N) is 3. The van der Waals surface area contributed by atoms with Crippen LogP contribution in [0.2, 0.25) is 0 Å². The molecule has 0 aliphatic rings. The van der Waals surface area contributed by atoms with E-state index in [-0.39, 0.29) is 12.5 Å². The van der Waals surface area contributed by atoms with E-state index in [0.29, 0.717) is 17.0 Å². The first-order chi connectivity index (χ1) is 11.9. The van der Waals surface area contributed by atoms with Crippen molar-refractivity contribution in [3.8, 4) is 5.75 Å². The molecule has 0 radical (unpaired) electrons. The van der Waals surface area contributed by atoms with Gasteiger partial charge in [-0.15, -0.1) is 0 Å². The van der Waals surface area contributed by atoms with Gasteiger partial charge in [-0.1, -0.05) is 18.2 Å². The van der Waals surface area contributed by atoms with E-state index in [1.54, 1.807) is 30.3 Å². The quantitative estimate of drug-likeness (QED) is 0.723. The average molecular weight is 341 g/mol. The van der Waals surface area contributed by atoms with Gasteiger partial charge in [-0.05, 0) is 42.8 Å². The fraction of sp³-hybridized carbons (Fsp3) is 0.167. The molecular weight excluding hydrogens is 322 g/mol. The van der Waals surface area contributed by atoms with Gasteiger partial charge >= 0.3 is 0 Å². The Bertz CT molecular complexity index is 789. The smallest absolute Gasteiger partial charge is 0.276 e. The van der Waals surface area contributed by atoms with E-state index < -0.39 is 11.8 Å². The number of rotatable bonds is 5. The molecule has 0 unspecified atom stereocenters. The summed E-state index contributed by atoms with van der Waals surface area (Å²) in [5.74, 6) is -0.660. The Hall–Kier alpha value is -3.35. The predicted molar refractivity (Wildman–Crippen MR) is 93.0 cm³/mol. The maximum atomic E-state index is 12.0. The molecule has 0 bridgehead atoms. The van der Waals surface area contributed by atoms with E-state index in [2.05, 4.69) is 16.2 Å². The zero-order valence-electron chi connectivity index (χ0n) is 14.0. The number of benzene rings is 2. The van der Waals surface area contributed by atoms with E-state index in [9.17, 15) is 14.4 Å². The van der Waals surface area contributed by atoms with E-state index >= 15 is 0 Å². The monoisotopic (exact) mass is 341 g/mol. The molecule has 130 valence electrons. The summed E-state index contributed by atoms with van der Waals surface area (Å²) in [5.41, 5.74) is 6.38. The molecule has 3 amide bonds. The summed E-state index contributed by atoms with van der Waals surface area (Å²) in [6.07, 6.45) is 0. The standard InChI is InChI=1S/C18H19N3O4/c1-12-5-3-8-16(9-12)25-11-17(23)20-21-18(24)14-6-4-7-15(10-14)19-13(2)22/h3-10H,11H2,1-2H3,(H,19,22)(H,20,23)(H,21,24). The van der Waals surface area contributed by atoms with Crippen LogP contribution in [0.15, 0.2) is 48.5 Å². The maximum Gasteiger partial charge on any atom is 0.276 e.